The fourth-order valence-electron chi connectivity index (χ4n) is 1.95. The molecule has 2 N–H and O–H groups in total. The third-order valence-corrected chi connectivity index (χ3v) is 3.26. The molecule has 0 aromatic heterocycles. The van der Waals surface area contributed by atoms with Crippen LogP contribution in [0.3, 0.4) is 0 Å². The highest BCUT2D eigenvalue weighted by Crippen LogP contribution is 2.10. The quantitative estimate of drug-likeness (QED) is 0.351. The average molecular weight is 314 g/mol. The lowest BCUT2D eigenvalue weighted by Crippen LogP contribution is -2.00. The number of unbranched alkanes of at least 4 members (excludes halogenated alkanes) is 9. The molecular formula is C18H34O4. The maximum Gasteiger partial charge on any atom is 0.303 e. The van der Waals surface area contributed by atoms with Crippen molar-refractivity contribution in [3.05, 3.63) is 12.2 Å². The summed E-state index contributed by atoms with van der Waals surface area (Å²) in [6, 6.07) is 0. The molecule has 0 saturated carbocycles. The van der Waals surface area contributed by atoms with Crippen molar-refractivity contribution in [1.29, 1.82) is 0 Å². The van der Waals surface area contributed by atoms with Crippen LogP contribution < -0.4 is 0 Å². The molecule has 0 aliphatic carbocycles. The van der Waals surface area contributed by atoms with Crippen LogP contribution in [0.1, 0.15) is 90.9 Å². The predicted molar refractivity (Wildman–Crippen MR) is 91.2 cm³/mol. The Labute approximate surface area is 135 Å². The Morgan fingerprint density at radius 2 is 1.18 bits per heavy atom. The number of carboxylic acids is 2. The third kappa shape index (κ3) is 27.1. The van der Waals surface area contributed by atoms with Crippen molar-refractivity contribution in [2.45, 2.75) is 90.9 Å². The van der Waals surface area contributed by atoms with E-state index in [0.717, 1.165) is 0 Å². The van der Waals surface area contributed by atoms with Gasteiger partial charge in [-0.1, -0.05) is 70.4 Å². The van der Waals surface area contributed by atoms with E-state index >= 15 is 0 Å². The molecule has 0 atom stereocenters. The molecule has 0 bridgehead atoms. The first kappa shape index (κ1) is 23.0. The van der Waals surface area contributed by atoms with E-state index in [2.05, 4.69) is 26.0 Å². The van der Waals surface area contributed by atoms with Crippen LogP contribution in [0, 0.1) is 0 Å². The third-order valence-electron chi connectivity index (χ3n) is 3.26. The van der Waals surface area contributed by atoms with Crippen LogP contribution in [0.5, 0.6) is 0 Å². The fraction of sp³-hybridized carbons (Fsp3) is 0.778. The summed E-state index contributed by atoms with van der Waals surface area (Å²) < 4.78 is 0. The number of carboxylic acid groups (broad SMARTS) is 2. The number of hydrogen-bond donors (Lipinski definition) is 2. The van der Waals surface area contributed by atoms with Crippen molar-refractivity contribution >= 4 is 11.9 Å². The second kappa shape index (κ2) is 19.7. The summed E-state index contributed by atoms with van der Waals surface area (Å²) in [4.78, 5) is 19.3. The standard InChI is InChI=1S/C14H28.C4H6O4/c1-3-5-7-9-11-13-14-12-10-8-6-4-2;5-3(6)1-2-4(7)8/h3,5H,4,6-14H2,1-2H3;1-2H2,(H,5,6)(H,7,8). The predicted octanol–water partition coefficient (Wildman–Crippen LogP) is 5.42. The number of carbonyl (C=O) groups is 2. The Morgan fingerprint density at radius 1 is 0.773 bits per heavy atom. The lowest BCUT2D eigenvalue weighted by atomic mass is 10.1. The lowest BCUT2D eigenvalue weighted by Gasteiger charge is -2.00. The zero-order valence-corrected chi connectivity index (χ0v) is 14.4. The SMILES string of the molecule is CC=CCCCCCCCCCCC.O=C(O)CCC(=O)O. The highest BCUT2D eigenvalue weighted by molar-refractivity contribution is 5.75. The van der Waals surface area contributed by atoms with Gasteiger partial charge >= 0.3 is 11.9 Å². The summed E-state index contributed by atoms with van der Waals surface area (Å²) in [6.07, 6.45) is 18.0. The molecule has 0 spiro atoms. The monoisotopic (exact) mass is 314 g/mol. The highest BCUT2D eigenvalue weighted by Gasteiger charge is 2.00. The molecule has 0 rings (SSSR count). The average Bonchev–Trinajstić information content (AvgIpc) is 2.48. The minimum atomic E-state index is -1.08. The van der Waals surface area contributed by atoms with Crippen LogP contribution in [0.4, 0.5) is 0 Å². The van der Waals surface area contributed by atoms with Gasteiger partial charge in [-0.15, -0.1) is 0 Å². The largest absolute Gasteiger partial charge is 0.481 e. The van der Waals surface area contributed by atoms with Crippen LogP contribution in [-0.4, -0.2) is 22.2 Å². The molecule has 0 radical (unpaired) electrons. The molecule has 0 unspecified atom stereocenters. The van der Waals surface area contributed by atoms with Gasteiger partial charge in [0, 0.05) is 0 Å². The minimum absolute atomic E-state index is 0.296. The minimum Gasteiger partial charge on any atom is -0.481 e. The summed E-state index contributed by atoms with van der Waals surface area (Å²) in [6.45, 7) is 4.38. The highest BCUT2D eigenvalue weighted by atomic mass is 16.4. The molecule has 4 heteroatoms. The first-order valence-corrected chi connectivity index (χ1v) is 8.59. The van der Waals surface area contributed by atoms with E-state index in [-0.39, 0.29) is 12.8 Å². The van der Waals surface area contributed by atoms with Crippen LogP contribution >= 0.6 is 0 Å². The Bertz CT molecular complexity index is 271. The molecule has 0 aromatic carbocycles. The van der Waals surface area contributed by atoms with Crippen LogP contribution in [0.2, 0.25) is 0 Å². The van der Waals surface area contributed by atoms with Crippen molar-refractivity contribution in [2.24, 2.45) is 0 Å². The Hall–Kier alpha value is -1.32. The van der Waals surface area contributed by atoms with Crippen LogP contribution in [0.15, 0.2) is 12.2 Å². The zero-order valence-electron chi connectivity index (χ0n) is 14.4. The van der Waals surface area contributed by atoms with Crippen LogP contribution in [0.25, 0.3) is 0 Å². The van der Waals surface area contributed by atoms with Gasteiger partial charge in [0.1, 0.15) is 0 Å². The summed E-state index contributed by atoms with van der Waals surface area (Å²) in [7, 11) is 0. The maximum absolute atomic E-state index is 9.64. The van der Waals surface area contributed by atoms with E-state index in [1.807, 2.05) is 0 Å². The van der Waals surface area contributed by atoms with Crippen LogP contribution in [-0.2, 0) is 9.59 Å². The molecule has 0 saturated heterocycles. The number of rotatable bonds is 13. The number of hydrogen-bond acceptors (Lipinski definition) is 2. The molecule has 0 heterocycles. The zero-order chi connectivity index (χ0) is 17.1. The van der Waals surface area contributed by atoms with Gasteiger partial charge in [0.25, 0.3) is 0 Å². The Kier molecular flexibility index (Phi) is 20.5. The summed E-state index contributed by atoms with van der Waals surface area (Å²) in [5, 5.41) is 15.8. The molecule has 0 aliphatic rings. The van der Waals surface area contributed by atoms with Gasteiger partial charge in [0.05, 0.1) is 12.8 Å². The van der Waals surface area contributed by atoms with Gasteiger partial charge in [-0.3, -0.25) is 9.59 Å². The normalized spacial score (nSPS) is 10.3. The van der Waals surface area contributed by atoms with Gasteiger partial charge in [0.2, 0.25) is 0 Å². The van der Waals surface area contributed by atoms with E-state index in [1.54, 1.807) is 0 Å². The van der Waals surface area contributed by atoms with Gasteiger partial charge in [-0.2, -0.15) is 0 Å². The topological polar surface area (TPSA) is 74.6 Å². The Balaban J connectivity index is 0. The molecule has 0 amide bonds. The van der Waals surface area contributed by atoms with Gasteiger partial charge in [-0.25, -0.2) is 0 Å². The van der Waals surface area contributed by atoms with E-state index in [9.17, 15) is 9.59 Å². The molecule has 22 heavy (non-hydrogen) atoms. The lowest BCUT2D eigenvalue weighted by molar-refractivity contribution is -0.143. The van der Waals surface area contributed by atoms with E-state index in [4.69, 9.17) is 10.2 Å². The maximum atomic E-state index is 9.64. The van der Waals surface area contributed by atoms with Gasteiger partial charge < -0.3 is 10.2 Å². The smallest absolute Gasteiger partial charge is 0.303 e. The number of allylic oxidation sites excluding steroid dienone is 2. The first-order chi connectivity index (χ1) is 10.5. The summed E-state index contributed by atoms with van der Waals surface area (Å²) in [5.41, 5.74) is 0. The molecule has 4 nitrogen and oxygen atoms in total. The van der Waals surface area contributed by atoms with E-state index < -0.39 is 11.9 Å². The summed E-state index contributed by atoms with van der Waals surface area (Å²) in [5.74, 6) is -2.15. The summed E-state index contributed by atoms with van der Waals surface area (Å²) >= 11 is 0. The fourth-order valence-corrected chi connectivity index (χ4v) is 1.95. The molecule has 0 fully saturated rings. The van der Waals surface area contributed by atoms with Gasteiger partial charge in [0.15, 0.2) is 0 Å². The van der Waals surface area contributed by atoms with Crippen molar-refractivity contribution in [2.75, 3.05) is 0 Å². The van der Waals surface area contributed by atoms with Crippen molar-refractivity contribution < 1.29 is 19.8 Å². The Morgan fingerprint density at radius 3 is 1.55 bits per heavy atom. The molecule has 0 aliphatic heterocycles. The number of aliphatic carboxylic acids is 2. The molecular weight excluding hydrogens is 280 g/mol. The molecule has 130 valence electrons. The molecule has 0 aromatic rings. The second-order valence-corrected chi connectivity index (χ2v) is 5.47. The van der Waals surface area contributed by atoms with Crippen molar-refractivity contribution in [3.8, 4) is 0 Å². The first-order valence-electron chi connectivity index (χ1n) is 8.59. The van der Waals surface area contributed by atoms with Crippen molar-refractivity contribution in [3.63, 3.8) is 0 Å². The second-order valence-electron chi connectivity index (χ2n) is 5.47. The van der Waals surface area contributed by atoms with Crippen molar-refractivity contribution in [1.82, 2.24) is 0 Å². The van der Waals surface area contributed by atoms with E-state index in [0.29, 0.717) is 0 Å². The van der Waals surface area contributed by atoms with Gasteiger partial charge in [-0.05, 0) is 19.8 Å². The van der Waals surface area contributed by atoms with E-state index in [1.165, 1.54) is 64.2 Å².